The highest BCUT2D eigenvalue weighted by Gasteiger charge is 2.41. The molecule has 1 amide bonds. The second kappa shape index (κ2) is 9.69. The van der Waals surface area contributed by atoms with Crippen LogP contribution in [0.4, 0.5) is 17.6 Å². The molecule has 2 aromatic carbocycles. The summed E-state index contributed by atoms with van der Waals surface area (Å²) in [7, 11) is 1.92. The molecule has 0 saturated heterocycles. The van der Waals surface area contributed by atoms with Crippen molar-refractivity contribution < 1.29 is 22.4 Å². The summed E-state index contributed by atoms with van der Waals surface area (Å²) in [5, 5.41) is 9.35. The molecule has 0 spiro atoms. The molecule has 164 valence electrons. The predicted octanol–water partition coefficient (Wildman–Crippen LogP) is 3.68. The molecule has 0 unspecified atom stereocenters. The summed E-state index contributed by atoms with van der Waals surface area (Å²) in [6, 6.07) is 14.1. The van der Waals surface area contributed by atoms with Crippen molar-refractivity contribution in [3.05, 3.63) is 77.4 Å². The Hall–Kier alpha value is -3.27. The first-order valence-electron chi connectivity index (χ1n) is 9.55. The van der Waals surface area contributed by atoms with Gasteiger partial charge >= 0.3 is 6.18 Å². The number of hydrogen-bond acceptors (Lipinski definition) is 4. The predicted molar refractivity (Wildman–Crippen MR) is 106 cm³/mol. The lowest BCUT2D eigenvalue weighted by Crippen LogP contribution is -2.30. The number of carbonyl (C=O) groups is 1. The third-order valence-electron chi connectivity index (χ3n) is 4.52. The van der Waals surface area contributed by atoms with Gasteiger partial charge in [0.05, 0.1) is 5.69 Å². The van der Waals surface area contributed by atoms with Crippen LogP contribution in [-0.2, 0) is 12.7 Å². The van der Waals surface area contributed by atoms with E-state index in [0.717, 1.165) is 36.4 Å². The van der Waals surface area contributed by atoms with E-state index >= 15 is 0 Å². The second-order valence-corrected chi connectivity index (χ2v) is 7.01. The smallest absolute Gasteiger partial charge is 0.351 e. The lowest BCUT2D eigenvalue weighted by Gasteiger charge is -2.16. The number of benzene rings is 2. The van der Waals surface area contributed by atoms with Gasteiger partial charge in [0.15, 0.2) is 11.4 Å². The highest BCUT2D eigenvalue weighted by Crippen LogP contribution is 2.32. The van der Waals surface area contributed by atoms with Gasteiger partial charge in [-0.25, -0.2) is 9.07 Å². The van der Waals surface area contributed by atoms with Crippen molar-refractivity contribution in [2.24, 2.45) is 0 Å². The summed E-state index contributed by atoms with van der Waals surface area (Å²) >= 11 is 0. The fraction of sp³-hybridized carbons (Fsp3) is 0.286. The van der Waals surface area contributed by atoms with E-state index in [-0.39, 0.29) is 12.2 Å². The van der Waals surface area contributed by atoms with Crippen LogP contribution in [-0.4, -0.2) is 45.9 Å². The number of hydrogen-bond donors (Lipinski definition) is 1. The number of carbonyl (C=O) groups excluding carboxylic acids is 1. The number of rotatable bonds is 8. The van der Waals surface area contributed by atoms with Crippen LogP contribution in [0.2, 0.25) is 0 Å². The van der Waals surface area contributed by atoms with Gasteiger partial charge in [0.25, 0.3) is 5.91 Å². The molecule has 1 aromatic heterocycles. The molecule has 0 fully saturated rings. The van der Waals surface area contributed by atoms with Gasteiger partial charge in [-0.15, -0.1) is 5.10 Å². The third-order valence-corrected chi connectivity index (χ3v) is 4.52. The van der Waals surface area contributed by atoms with E-state index in [1.807, 2.05) is 42.3 Å². The van der Waals surface area contributed by atoms with Crippen molar-refractivity contribution >= 4 is 5.91 Å². The molecular weight excluding hydrogens is 414 g/mol. The fourth-order valence-electron chi connectivity index (χ4n) is 3.06. The maximum atomic E-state index is 13.6. The van der Waals surface area contributed by atoms with Crippen molar-refractivity contribution in [3.8, 4) is 5.69 Å². The second-order valence-electron chi connectivity index (χ2n) is 7.01. The zero-order valence-corrected chi connectivity index (χ0v) is 16.7. The minimum atomic E-state index is -4.87. The van der Waals surface area contributed by atoms with Crippen molar-refractivity contribution in [2.45, 2.75) is 19.1 Å². The molecule has 0 aliphatic rings. The first kappa shape index (κ1) is 22.4. The summed E-state index contributed by atoms with van der Waals surface area (Å²) in [6.45, 7) is 1.54. The van der Waals surface area contributed by atoms with E-state index < -0.39 is 29.3 Å². The van der Waals surface area contributed by atoms with Crippen molar-refractivity contribution in [2.75, 3.05) is 20.1 Å². The monoisotopic (exact) mass is 435 g/mol. The minimum Gasteiger partial charge on any atom is -0.351 e. The van der Waals surface area contributed by atoms with Gasteiger partial charge < -0.3 is 10.2 Å². The molecule has 0 radical (unpaired) electrons. The Balaban J connectivity index is 1.61. The van der Waals surface area contributed by atoms with E-state index in [1.165, 1.54) is 0 Å². The molecule has 0 saturated carbocycles. The van der Waals surface area contributed by atoms with Crippen LogP contribution in [0.3, 0.4) is 0 Å². The van der Waals surface area contributed by atoms with Crippen LogP contribution < -0.4 is 5.32 Å². The number of alkyl halides is 3. The molecule has 10 heteroatoms. The number of aromatic nitrogens is 3. The van der Waals surface area contributed by atoms with Crippen LogP contribution in [0.5, 0.6) is 0 Å². The molecule has 0 bridgehead atoms. The topological polar surface area (TPSA) is 63.1 Å². The first-order chi connectivity index (χ1) is 14.8. The Kier molecular flexibility index (Phi) is 7.01. The van der Waals surface area contributed by atoms with Crippen LogP contribution in [0.25, 0.3) is 5.69 Å². The summed E-state index contributed by atoms with van der Waals surface area (Å²) < 4.78 is 54.4. The average molecular weight is 435 g/mol. The molecular formula is C21H21F4N5O. The van der Waals surface area contributed by atoms with Crippen molar-refractivity contribution in [1.29, 1.82) is 0 Å². The summed E-state index contributed by atoms with van der Waals surface area (Å²) in [6.07, 6.45) is -4.33. The van der Waals surface area contributed by atoms with Gasteiger partial charge in [0.2, 0.25) is 0 Å². The van der Waals surface area contributed by atoms with Crippen molar-refractivity contribution in [1.82, 2.24) is 25.2 Å². The average Bonchev–Trinajstić information content (AvgIpc) is 3.18. The maximum Gasteiger partial charge on any atom is 0.435 e. The fourth-order valence-corrected chi connectivity index (χ4v) is 3.06. The zero-order valence-electron chi connectivity index (χ0n) is 16.7. The van der Waals surface area contributed by atoms with Gasteiger partial charge in [-0.3, -0.25) is 4.79 Å². The Morgan fingerprint density at radius 3 is 2.42 bits per heavy atom. The van der Waals surface area contributed by atoms with E-state index in [0.29, 0.717) is 17.6 Å². The lowest BCUT2D eigenvalue weighted by atomic mass is 10.2. The Morgan fingerprint density at radius 2 is 1.77 bits per heavy atom. The molecule has 0 atom stereocenters. The molecule has 0 aliphatic heterocycles. The molecule has 3 rings (SSSR count). The quantitative estimate of drug-likeness (QED) is 0.433. The molecule has 31 heavy (non-hydrogen) atoms. The standard InChI is InChI=1S/C21H21F4N5O/c1-29(14-15-6-3-2-4-7-15)13-5-12-26-20(31)18-19(21(23,24)25)30(28-27-18)17-10-8-16(22)9-11-17/h2-4,6-11H,5,12-14H2,1H3,(H,26,31). The van der Waals surface area contributed by atoms with Crippen LogP contribution >= 0.6 is 0 Å². The number of halogens is 4. The van der Waals surface area contributed by atoms with Gasteiger partial charge in [-0.05, 0) is 49.8 Å². The molecule has 0 aliphatic carbocycles. The van der Waals surface area contributed by atoms with Crippen LogP contribution in [0, 0.1) is 5.82 Å². The largest absolute Gasteiger partial charge is 0.435 e. The number of nitrogens with one attached hydrogen (secondary N) is 1. The summed E-state index contributed by atoms with van der Waals surface area (Å²) in [4.78, 5) is 14.4. The lowest BCUT2D eigenvalue weighted by molar-refractivity contribution is -0.143. The van der Waals surface area contributed by atoms with E-state index in [4.69, 9.17) is 0 Å². The number of amides is 1. The van der Waals surface area contributed by atoms with E-state index in [9.17, 15) is 22.4 Å². The van der Waals surface area contributed by atoms with Gasteiger partial charge in [0.1, 0.15) is 5.82 Å². The molecule has 1 heterocycles. The first-order valence-corrected chi connectivity index (χ1v) is 9.55. The summed E-state index contributed by atoms with van der Waals surface area (Å²) in [5.41, 5.74) is -1.05. The molecule has 1 N–H and O–H groups in total. The van der Waals surface area contributed by atoms with E-state index in [1.54, 1.807) is 0 Å². The van der Waals surface area contributed by atoms with Crippen molar-refractivity contribution in [3.63, 3.8) is 0 Å². The minimum absolute atomic E-state index is 0.0530. The number of nitrogens with zero attached hydrogens (tertiary/aromatic N) is 4. The molecule has 3 aromatic rings. The van der Waals surface area contributed by atoms with Crippen LogP contribution in [0.1, 0.15) is 28.2 Å². The zero-order chi connectivity index (χ0) is 22.4. The highest BCUT2D eigenvalue weighted by atomic mass is 19.4. The normalized spacial score (nSPS) is 11.7. The van der Waals surface area contributed by atoms with Gasteiger partial charge in [-0.2, -0.15) is 13.2 Å². The Morgan fingerprint density at radius 1 is 1.10 bits per heavy atom. The Bertz CT molecular complexity index is 1000. The summed E-state index contributed by atoms with van der Waals surface area (Å²) in [5.74, 6) is -1.57. The van der Waals surface area contributed by atoms with E-state index in [2.05, 4.69) is 15.6 Å². The molecule has 6 nitrogen and oxygen atoms in total. The maximum absolute atomic E-state index is 13.6. The van der Waals surface area contributed by atoms with Gasteiger partial charge in [0, 0.05) is 13.1 Å². The van der Waals surface area contributed by atoms with Crippen LogP contribution in [0.15, 0.2) is 54.6 Å². The SMILES string of the molecule is CN(CCCNC(=O)c1nnn(-c2ccc(F)cc2)c1C(F)(F)F)Cc1ccccc1. The van der Waals surface area contributed by atoms with Gasteiger partial charge in [-0.1, -0.05) is 35.5 Å². The third kappa shape index (κ3) is 5.88. The highest BCUT2D eigenvalue weighted by molar-refractivity contribution is 5.93. The Labute approximate surface area is 176 Å².